The molecule has 5 rings (SSSR count). The third-order valence-corrected chi connectivity index (χ3v) is 7.56. The highest BCUT2D eigenvalue weighted by Gasteiger charge is 2.29. The van der Waals surface area contributed by atoms with Gasteiger partial charge in [-0.15, -0.1) is 11.3 Å². The summed E-state index contributed by atoms with van der Waals surface area (Å²) in [5, 5.41) is 6.38. The maximum absolute atomic E-state index is 13.4. The number of amides is 1. The number of carbonyl (C=O) groups excluding carboxylic acids is 1. The van der Waals surface area contributed by atoms with Crippen LogP contribution in [0, 0.1) is 6.92 Å². The van der Waals surface area contributed by atoms with Gasteiger partial charge in [0.05, 0.1) is 4.88 Å². The lowest BCUT2D eigenvalue weighted by Crippen LogP contribution is -2.53. The number of aromatic nitrogens is 2. The summed E-state index contributed by atoms with van der Waals surface area (Å²) in [6.45, 7) is 6.55. The molecular weight excluding hydrogens is 440 g/mol. The molecule has 0 unspecified atom stereocenters. The molecule has 0 saturated carbocycles. The zero-order valence-electron chi connectivity index (χ0n) is 18.4. The lowest BCUT2D eigenvalue weighted by molar-refractivity contribution is 0.0731. The highest BCUT2D eigenvalue weighted by atomic mass is 35.5. The smallest absolute Gasteiger partial charge is 0.264 e. The summed E-state index contributed by atoms with van der Waals surface area (Å²) in [4.78, 5) is 19.5. The largest absolute Gasteiger partial charge is 0.365 e. The Labute approximate surface area is 196 Å². The molecule has 3 heterocycles. The van der Waals surface area contributed by atoms with Crippen LogP contribution in [0.3, 0.4) is 0 Å². The topological polar surface area (TPSA) is 41.4 Å². The van der Waals surface area contributed by atoms with E-state index in [4.69, 9.17) is 11.6 Å². The zero-order valence-corrected chi connectivity index (χ0v) is 20.0. The minimum absolute atomic E-state index is 0.101. The number of aryl methyl sites for hydroxylation is 2. The molecule has 1 saturated heterocycles. The van der Waals surface area contributed by atoms with E-state index in [1.807, 2.05) is 47.0 Å². The van der Waals surface area contributed by atoms with Crippen molar-refractivity contribution >= 4 is 44.7 Å². The number of hydrogen-bond donors (Lipinski definition) is 0. The van der Waals surface area contributed by atoms with Crippen LogP contribution in [-0.4, -0.2) is 46.3 Å². The molecule has 5 nitrogen and oxygen atoms in total. The Morgan fingerprint density at radius 1 is 1.09 bits per heavy atom. The van der Waals surface area contributed by atoms with Gasteiger partial charge >= 0.3 is 0 Å². The van der Waals surface area contributed by atoms with Crippen molar-refractivity contribution in [1.29, 1.82) is 0 Å². The molecule has 7 heteroatoms. The maximum atomic E-state index is 13.4. The van der Waals surface area contributed by atoms with E-state index in [-0.39, 0.29) is 11.9 Å². The number of hydrogen-bond acceptors (Lipinski definition) is 4. The van der Waals surface area contributed by atoms with Crippen LogP contribution in [0.25, 0.3) is 21.5 Å². The van der Waals surface area contributed by atoms with Gasteiger partial charge in [0, 0.05) is 54.4 Å². The Morgan fingerprint density at radius 3 is 2.50 bits per heavy atom. The van der Waals surface area contributed by atoms with E-state index < -0.39 is 0 Å². The predicted octanol–water partition coefficient (Wildman–Crippen LogP) is 5.61. The average Bonchev–Trinajstić information content (AvgIpc) is 3.35. The van der Waals surface area contributed by atoms with Gasteiger partial charge in [-0.05, 0) is 44.2 Å². The van der Waals surface area contributed by atoms with Crippen LogP contribution in [0.4, 0.5) is 5.69 Å². The first-order valence-corrected chi connectivity index (χ1v) is 12.0. The molecule has 0 N–H and O–H groups in total. The molecule has 2 aromatic heterocycles. The Hall–Kier alpha value is -2.83. The third kappa shape index (κ3) is 3.78. The summed E-state index contributed by atoms with van der Waals surface area (Å²) < 4.78 is 1.86. The van der Waals surface area contributed by atoms with Gasteiger partial charge in [-0.25, -0.2) is 0 Å². The van der Waals surface area contributed by atoms with Crippen LogP contribution in [0.15, 0.2) is 54.6 Å². The van der Waals surface area contributed by atoms with Gasteiger partial charge in [-0.2, -0.15) is 5.10 Å². The van der Waals surface area contributed by atoms with Gasteiger partial charge in [0.15, 0.2) is 0 Å². The van der Waals surface area contributed by atoms with Crippen molar-refractivity contribution in [2.45, 2.75) is 19.9 Å². The summed E-state index contributed by atoms with van der Waals surface area (Å²) >= 11 is 7.56. The molecule has 0 radical (unpaired) electrons. The normalized spacial score (nSPS) is 16.7. The van der Waals surface area contributed by atoms with E-state index in [0.29, 0.717) is 18.1 Å². The van der Waals surface area contributed by atoms with Gasteiger partial charge in [-0.3, -0.25) is 9.48 Å². The third-order valence-electron chi connectivity index (χ3n) is 6.12. The molecule has 0 aliphatic carbocycles. The molecule has 1 aliphatic rings. The van der Waals surface area contributed by atoms with E-state index in [1.54, 1.807) is 0 Å². The van der Waals surface area contributed by atoms with Crippen molar-refractivity contribution in [3.05, 3.63) is 70.1 Å². The van der Waals surface area contributed by atoms with Crippen LogP contribution in [0.2, 0.25) is 5.02 Å². The van der Waals surface area contributed by atoms with Gasteiger partial charge in [0.1, 0.15) is 10.5 Å². The minimum atomic E-state index is 0.101. The van der Waals surface area contributed by atoms with Crippen molar-refractivity contribution in [1.82, 2.24) is 14.7 Å². The quantitative estimate of drug-likeness (QED) is 0.395. The van der Waals surface area contributed by atoms with Gasteiger partial charge in [0.2, 0.25) is 0 Å². The first-order chi connectivity index (χ1) is 15.4. The molecule has 4 aromatic rings. The summed E-state index contributed by atoms with van der Waals surface area (Å²) in [6, 6.07) is 18.5. The average molecular weight is 465 g/mol. The number of fused-ring (bicyclic) bond motifs is 1. The molecule has 1 aliphatic heterocycles. The van der Waals surface area contributed by atoms with Crippen molar-refractivity contribution in [2.24, 2.45) is 7.05 Å². The molecule has 1 fully saturated rings. The molecular formula is C25H25ClN4OS. The second-order valence-corrected chi connectivity index (χ2v) is 9.90. The van der Waals surface area contributed by atoms with Crippen molar-refractivity contribution in [2.75, 3.05) is 24.5 Å². The number of rotatable bonds is 3. The number of halogens is 1. The van der Waals surface area contributed by atoms with Crippen molar-refractivity contribution in [3.63, 3.8) is 0 Å². The zero-order chi connectivity index (χ0) is 22.4. The number of thiophene rings is 1. The number of piperazine rings is 1. The summed E-state index contributed by atoms with van der Waals surface area (Å²) in [7, 11) is 1.93. The SMILES string of the molecule is Cc1ccc(N2CCN(C(=O)c3cc4c(-c5ccc(Cl)cc5)nn(C)c4s3)C[C@@H]2C)cc1. The van der Waals surface area contributed by atoms with Crippen molar-refractivity contribution in [3.8, 4) is 11.3 Å². The first kappa shape index (κ1) is 21.0. The fraction of sp³-hybridized carbons (Fsp3) is 0.280. The fourth-order valence-corrected chi connectivity index (χ4v) is 5.55. The summed E-state index contributed by atoms with van der Waals surface area (Å²) in [6.07, 6.45) is 0. The standard InChI is InChI=1S/C25H25ClN4OS/c1-16-4-10-20(11-5-16)30-13-12-29(15-17(30)2)24(31)22-14-21-23(27-28(3)25(21)32-22)18-6-8-19(26)9-7-18/h4-11,14,17H,12-13,15H2,1-3H3/t17-/m0/s1. The summed E-state index contributed by atoms with van der Waals surface area (Å²) in [5.41, 5.74) is 4.35. The van der Waals surface area contributed by atoms with Crippen molar-refractivity contribution < 1.29 is 4.79 Å². The monoisotopic (exact) mass is 464 g/mol. The number of anilines is 1. The number of benzene rings is 2. The molecule has 164 valence electrons. The van der Waals surface area contributed by atoms with E-state index in [9.17, 15) is 4.79 Å². The van der Waals surface area contributed by atoms with Crippen LogP contribution in [0.1, 0.15) is 22.2 Å². The molecule has 0 bridgehead atoms. The van der Waals surface area contributed by atoms with E-state index in [0.717, 1.165) is 32.9 Å². The molecule has 1 atom stereocenters. The van der Waals surface area contributed by atoms with Crippen LogP contribution >= 0.6 is 22.9 Å². The Morgan fingerprint density at radius 2 is 1.81 bits per heavy atom. The van der Waals surface area contributed by atoms with Gasteiger partial charge < -0.3 is 9.80 Å². The molecule has 1 amide bonds. The van der Waals surface area contributed by atoms with Crippen LogP contribution in [-0.2, 0) is 7.05 Å². The molecule has 32 heavy (non-hydrogen) atoms. The highest BCUT2D eigenvalue weighted by Crippen LogP contribution is 2.35. The fourth-order valence-electron chi connectivity index (χ4n) is 4.38. The Balaban J connectivity index is 1.38. The Kier molecular flexibility index (Phi) is 5.43. The molecule has 0 spiro atoms. The number of carbonyl (C=O) groups is 1. The second-order valence-electron chi connectivity index (χ2n) is 8.44. The van der Waals surface area contributed by atoms with Crippen LogP contribution < -0.4 is 4.90 Å². The first-order valence-electron chi connectivity index (χ1n) is 10.8. The Bertz CT molecular complexity index is 1280. The van der Waals surface area contributed by atoms with Gasteiger partial charge in [0.25, 0.3) is 5.91 Å². The lowest BCUT2D eigenvalue weighted by atomic mass is 10.1. The predicted molar refractivity (Wildman–Crippen MR) is 133 cm³/mol. The van der Waals surface area contributed by atoms with E-state index >= 15 is 0 Å². The second kappa shape index (κ2) is 8.26. The maximum Gasteiger partial charge on any atom is 0.264 e. The van der Waals surface area contributed by atoms with Crippen LogP contribution in [0.5, 0.6) is 0 Å². The summed E-state index contributed by atoms with van der Waals surface area (Å²) in [5.74, 6) is 0.101. The molecule has 2 aromatic carbocycles. The van der Waals surface area contributed by atoms with E-state index in [2.05, 4.69) is 48.1 Å². The lowest BCUT2D eigenvalue weighted by Gasteiger charge is -2.41. The van der Waals surface area contributed by atoms with E-state index in [1.165, 1.54) is 22.6 Å². The number of nitrogens with zero attached hydrogens (tertiary/aromatic N) is 4. The highest BCUT2D eigenvalue weighted by molar-refractivity contribution is 7.20. The van der Waals surface area contributed by atoms with Gasteiger partial charge in [-0.1, -0.05) is 41.4 Å². The minimum Gasteiger partial charge on any atom is -0.365 e.